The first-order chi connectivity index (χ1) is 9.31. The van der Waals surface area contributed by atoms with Crippen LogP contribution in [0.5, 0.6) is 0 Å². The Kier molecular flexibility index (Phi) is 2.92. The number of rotatable bonds is 2. The fraction of sp³-hybridized carbons (Fsp3) is 0.250. The van der Waals surface area contributed by atoms with Crippen molar-refractivity contribution in [3.05, 3.63) is 59.4 Å². The van der Waals surface area contributed by atoms with Gasteiger partial charge in [-0.25, -0.2) is 0 Å². The highest BCUT2D eigenvalue weighted by molar-refractivity contribution is 6.08. The van der Waals surface area contributed by atoms with E-state index in [1.807, 2.05) is 47.0 Å². The highest BCUT2D eigenvalue weighted by Gasteiger charge is 2.24. The number of nitrogens with zero attached hydrogens (tertiary/aromatic N) is 2. The SMILES string of the molecule is N#CC1CCCn2c(C(=O)c3ccccc3)ccc21. The molecule has 3 nitrogen and oxygen atoms in total. The van der Waals surface area contributed by atoms with E-state index in [0.717, 1.165) is 25.1 Å². The fourth-order valence-electron chi connectivity index (χ4n) is 2.70. The third kappa shape index (κ3) is 1.96. The number of benzene rings is 1. The Morgan fingerprint density at radius 2 is 2.00 bits per heavy atom. The third-order valence-corrected chi connectivity index (χ3v) is 3.67. The Balaban J connectivity index is 2.02. The highest BCUT2D eigenvalue weighted by atomic mass is 16.1. The second kappa shape index (κ2) is 4.74. The summed E-state index contributed by atoms with van der Waals surface area (Å²) in [5.41, 5.74) is 2.37. The summed E-state index contributed by atoms with van der Waals surface area (Å²) in [7, 11) is 0. The maximum absolute atomic E-state index is 12.5. The average Bonchev–Trinajstić information content (AvgIpc) is 2.91. The molecule has 1 aromatic heterocycles. The molecule has 19 heavy (non-hydrogen) atoms. The lowest BCUT2D eigenvalue weighted by atomic mass is 9.98. The summed E-state index contributed by atoms with van der Waals surface area (Å²) < 4.78 is 2.01. The zero-order valence-corrected chi connectivity index (χ0v) is 10.5. The molecule has 0 saturated carbocycles. The van der Waals surface area contributed by atoms with Gasteiger partial charge in [0.1, 0.15) is 0 Å². The number of carbonyl (C=O) groups is 1. The minimum Gasteiger partial charge on any atom is -0.341 e. The monoisotopic (exact) mass is 250 g/mol. The summed E-state index contributed by atoms with van der Waals surface area (Å²) in [5, 5.41) is 9.15. The summed E-state index contributed by atoms with van der Waals surface area (Å²) >= 11 is 0. The van der Waals surface area contributed by atoms with Gasteiger partial charge in [-0.05, 0) is 25.0 Å². The summed E-state index contributed by atoms with van der Waals surface area (Å²) in [6.45, 7) is 0.828. The maximum Gasteiger partial charge on any atom is 0.209 e. The number of carbonyl (C=O) groups excluding carboxylic acids is 1. The molecule has 1 aliphatic rings. The molecule has 1 unspecified atom stereocenters. The minimum atomic E-state index is -0.0777. The first kappa shape index (κ1) is 11.7. The fourth-order valence-corrected chi connectivity index (χ4v) is 2.70. The zero-order chi connectivity index (χ0) is 13.2. The van der Waals surface area contributed by atoms with Gasteiger partial charge in [0.25, 0.3) is 0 Å². The largest absolute Gasteiger partial charge is 0.341 e. The topological polar surface area (TPSA) is 45.8 Å². The van der Waals surface area contributed by atoms with Crippen LogP contribution >= 0.6 is 0 Å². The predicted molar refractivity (Wildman–Crippen MR) is 71.9 cm³/mol. The first-order valence-corrected chi connectivity index (χ1v) is 6.50. The van der Waals surface area contributed by atoms with Crippen molar-refractivity contribution in [2.45, 2.75) is 25.3 Å². The maximum atomic E-state index is 12.5. The molecule has 0 bridgehead atoms. The number of hydrogen-bond acceptors (Lipinski definition) is 2. The lowest BCUT2D eigenvalue weighted by molar-refractivity contribution is 0.102. The lowest BCUT2D eigenvalue weighted by Crippen LogP contribution is -2.18. The molecule has 0 amide bonds. The Labute approximate surface area is 112 Å². The van der Waals surface area contributed by atoms with Gasteiger partial charge < -0.3 is 4.57 Å². The summed E-state index contributed by atoms with van der Waals surface area (Å²) in [6.07, 6.45) is 1.84. The van der Waals surface area contributed by atoms with Crippen molar-refractivity contribution in [1.82, 2.24) is 4.57 Å². The van der Waals surface area contributed by atoms with Crippen molar-refractivity contribution in [2.24, 2.45) is 0 Å². The molecule has 1 aliphatic heterocycles. The normalized spacial score (nSPS) is 17.5. The van der Waals surface area contributed by atoms with Crippen LogP contribution in [0.15, 0.2) is 42.5 Å². The predicted octanol–water partition coefficient (Wildman–Crippen LogP) is 3.12. The second-order valence-corrected chi connectivity index (χ2v) is 4.81. The van der Waals surface area contributed by atoms with E-state index in [-0.39, 0.29) is 11.7 Å². The number of aromatic nitrogens is 1. The average molecular weight is 250 g/mol. The molecular weight excluding hydrogens is 236 g/mol. The summed E-state index contributed by atoms with van der Waals surface area (Å²) in [5.74, 6) is -0.0449. The summed E-state index contributed by atoms with van der Waals surface area (Å²) in [4.78, 5) is 12.5. The van der Waals surface area contributed by atoms with Gasteiger partial charge in [0.2, 0.25) is 5.78 Å². The van der Waals surface area contributed by atoms with Crippen molar-refractivity contribution in [1.29, 1.82) is 5.26 Å². The first-order valence-electron chi connectivity index (χ1n) is 6.50. The molecule has 94 valence electrons. The highest BCUT2D eigenvalue weighted by Crippen LogP contribution is 2.29. The second-order valence-electron chi connectivity index (χ2n) is 4.81. The van der Waals surface area contributed by atoms with E-state index >= 15 is 0 Å². The molecular formula is C16H14N2O. The minimum absolute atomic E-state index is 0.0328. The molecule has 0 radical (unpaired) electrons. The van der Waals surface area contributed by atoms with Crippen LogP contribution in [0, 0.1) is 11.3 Å². The van der Waals surface area contributed by atoms with Gasteiger partial charge in [-0.3, -0.25) is 4.79 Å². The Morgan fingerprint density at radius 3 is 2.74 bits per heavy atom. The Morgan fingerprint density at radius 1 is 1.21 bits per heavy atom. The van der Waals surface area contributed by atoms with E-state index in [9.17, 15) is 4.79 Å². The van der Waals surface area contributed by atoms with Crippen LogP contribution in [-0.2, 0) is 6.54 Å². The summed E-state index contributed by atoms with van der Waals surface area (Å²) in [6, 6.07) is 15.4. The van der Waals surface area contributed by atoms with Gasteiger partial charge in [0.05, 0.1) is 17.7 Å². The third-order valence-electron chi connectivity index (χ3n) is 3.67. The van der Waals surface area contributed by atoms with Gasteiger partial charge in [-0.15, -0.1) is 0 Å². The molecule has 1 aromatic carbocycles. The number of hydrogen-bond donors (Lipinski definition) is 0. The molecule has 2 aromatic rings. The van der Waals surface area contributed by atoms with Crippen LogP contribution in [0.25, 0.3) is 0 Å². The molecule has 0 N–H and O–H groups in total. The van der Waals surface area contributed by atoms with E-state index in [1.165, 1.54) is 0 Å². The van der Waals surface area contributed by atoms with Crippen LogP contribution in [0.2, 0.25) is 0 Å². The molecule has 0 saturated heterocycles. The van der Waals surface area contributed by atoms with Crippen molar-refractivity contribution in [2.75, 3.05) is 0 Å². The van der Waals surface area contributed by atoms with Crippen LogP contribution in [0.4, 0.5) is 0 Å². The van der Waals surface area contributed by atoms with Gasteiger partial charge in [-0.1, -0.05) is 30.3 Å². The molecule has 1 atom stereocenters. The van der Waals surface area contributed by atoms with Gasteiger partial charge in [0, 0.05) is 17.8 Å². The van der Waals surface area contributed by atoms with E-state index in [2.05, 4.69) is 6.07 Å². The number of ketones is 1. The molecule has 0 aliphatic carbocycles. The van der Waals surface area contributed by atoms with Crippen molar-refractivity contribution >= 4 is 5.78 Å². The zero-order valence-electron chi connectivity index (χ0n) is 10.5. The van der Waals surface area contributed by atoms with Crippen LogP contribution in [0.1, 0.15) is 40.5 Å². The number of nitriles is 1. The smallest absolute Gasteiger partial charge is 0.209 e. The lowest BCUT2D eigenvalue weighted by Gasteiger charge is -2.21. The van der Waals surface area contributed by atoms with Gasteiger partial charge in [0.15, 0.2) is 0 Å². The molecule has 2 heterocycles. The van der Waals surface area contributed by atoms with Crippen molar-refractivity contribution < 1.29 is 4.79 Å². The quantitative estimate of drug-likeness (QED) is 0.769. The van der Waals surface area contributed by atoms with Crippen LogP contribution in [-0.4, -0.2) is 10.4 Å². The Hall–Kier alpha value is -2.34. The van der Waals surface area contributed by atoms with E-state index < -0.39 is 0 Å². The number of fused-ring (bicyclic) bond motifs is 1. The molecule has 0 fully saturated rings. The van der Waals surface area contributed by atoms with Crippen LogP contribution in [0.3, 0.4) is 0 Å². The molecule has 3 heteroatoms. The molecule has 0 spiro atoms. The standard InChI is InChI=1S/C16H14N2O/c17-11-13-7-4-10-18-14(13)8-9-15(18)16(19)12-5-2-1-3-6-12/h1-3,5-6,8-9,13H,4,7,10H2. The van der Waals surface area contributed by atoms with Crippen LogP contribution < -0.4 is 0 Å². The van der Waals surface area contributed by atoms with E-state index in [0.29, 0.717) is 11.3 Å². The Bertz CT molecular complexity index is 649. The van der Waals surface area contributed by atoms with Crippen molar-refractivity contribution in [3.8, 4) is 6.07 Å². The van der Waals surface area contributed by atoms with Gasteiger partial charge >= 0.3 is 0 Å². The van der Waals surface area contributed by atoms with E-state index in [1.54, 1.807) is 0 Å². The van der Waals surface area contributed by atoms with E-state index in [4.69, 9.17) is 5.26 Å². The van der Waals surface area contributed by atoms with Gasteiger partial charge in [-0.2, -0.15) is 5.26 Å². The molecule has 3 rings (SSSR count). The van der Waals surface area contributed by atoms with Crippen molar-refractivity contribution in [3.63, 3.8) is 0 Å².